The minimum atomic E-state index is 0.962. The number of nitrogens with one attached hydrogen (secondary N) is 1. The van der Waals surface area contributed by atoms with Crippen LogP contribution < -0.4 is 5.32 Å². The topological polar surface area (TPSA) is 17.0 Å². The predicted molar refractivity (Wildman–Crippen MR) is 67.9 cm³/mol. The van der Waals surface area contributed by atoms with Crippen LogP contribution in [0.25, 0.3) is 10.9 Å². The molecule has 2 heteroatoms. The van der Waals surface area contributed by atoms with Crippen molar-refractivity contribution in [3.63, 3.8) is 0 Å². The van der Waals surface area contributed by atoms with Crippen molar-refractivity contribution in [1.82, 2.24) is 9.88 Å². The number of hydrogen-bond donors (Lipinski definition) is 1. The SMILES string of the molecule is Cc1ccc(C)c2c1c(C)c1n2CNCC1. The van der Waals surface area contributed by atoms with Gasteiger partial charge < -0.3 is 4.57 Å². The highest BCUT2D eigenvalue weighted by Crippen LogP contribution is 2.31. The third kappa shape index (κ3) is 1.17. The first-order chi connectivity index (χ1) is 7.70. The first-order valence-electron chi connectivity index (χ1n) is 5.98. The highest BCUT2D eigenvalue weighted by Gasteiger charge is 2.18. The Labute approximate surface area is 96.3 Å². The van der Waals surface area contributed by atoms with Crippen molar-refractivity contribution < 1.29 is 0 Å². The summed E-state index contributed by atoms with van der Waals surface area (Å²) in [5.41, 5.74) is 7.22. The Balaban J connectivity index is 2.48. The monoisotopic (exact) mass is 214 g/mol. The Hall–Kier alpha value is -1.28. The van der Waals surface area contributed by atoms with Gasteiger partial charge in [0.15, 0.2) is 0 Å². The molecule has 16 heavy (non-hydrogen) atoms. The van der Waals surface area contributed by atoms with Gasteiger partial charge in [-0.25, -0.2) is 0 Å². The molecule has 1 aromatic carbocycles. The van der Waals surface area contributed by atoms with Gasteiger partial charge in [-0.1, -0.05) is 12.1 Å². The Kier molecular flexibility index (Phi) is 2.08. The maximum Gasteiger partial charge on any atom is 0.0729 e. The van der Waals surface area contributed by atoms with Gasteiger partial charge in [0, 0.05) is 24.0 Å². The average molecular weight is 214 g/mol. The number of aromatic nitrogens is 1. The molecule has 84 valence electrons. The van der Waals surface area contributed by atoms with E-state index in [0.717, 1.165) is 19.6 Å². The second-order valence-corrected chi connectivity index (χ2v) is 4.83. The molecule has 0 bridgehead atoms. The Morgan fingerprint density at radius 2 is 1.88 bits per heavy atom. The zero-order valence-electron chi connectivity index (χ0n) is 10.2. The van der Waals surface area contributed by atoms with Gasteiger partial charge >= 0.3 is 0 Å². The average Bonchev–Trinajstić information content (AvgIpc) is 2.60. The van der Waals surface area contributed by atoms with Crippen LogP contribution in [0.15, 0.2) is 12.1 Å². The lowest BCUT2D eigenvalue weighted by Gasteiger charge is -2.18. The van der Waals surface area contributed by atoms with Crippen LogP contribution in [0.1, 0.15) is 22.4 Å². The van der Waals surface area contributed by atoms with Crippen molar-refractivity contribution >= 4 is 10.9 Å². The summed E-state index contributed by atoms with van der Waals surface area (Å²) in [6.07, 6.45) is 1.15. The molecule has 0 spiro atoms. The van der Waals surface area contributed by atoms with E-state index in [-0.39, 0.29) is 0 Å². The Bertz CT molecular complexity index is 564. The fourth-order valence-corrected chi connectivity index (χ4v) is 2.99. The van der Waals surface area contributed by atoms with Gasteiger partial charge in [0.05, 0.1) is 12.2 Å². The van der Waals surface area contributed by atoms with Crippen molar-refractivity contribution in [1.29, 1.82) is 0 Å². The summed E-state index contributed by atoms with van der Waals surface area (Å²) in [5.74, 6) is 0. The molecule has 0 fully saturated rings. The third-order valence-corrected chi connectivity index (χ3v) is 3.80. The van der Waals surface area contributed by atoms with E-state index in [0.29, 0.717) is 0 Å². The summed E-state index contributed by atoms with van der Waals surface area (Å²) < 4.78 is 2.45. The van der Waals surface area contributed by atoms with Crippen molar-refractivity contribution in [3.05, 3.63) is 34.5 Å². The van der Waals surface area contributed by atoms with E-state index in [1.54, 1.807) is 0 Å². The van der Waals surface area contributed by atoms with Gasteiger partial charge in [-0.2, -0.15) is 0 Å². The minimum Gasteiger partial charge on any atom is -0.331 e. The fraction of sp³-hybridized carbons (Fsp3) is 0.429. The van der Waals surface area contributed by atoms with Crippen LogP contribution in [0.2, 0.25) is 0 Å². The van der Waals surface area contributed by atoms with Crippen molar-refractivity contribution in [2.24, 2.45) is 0 Å². The lowest BCUT2D eigenvalue weighted by Crippen LogP contribution is -2.28. The summed E-state index contributed by atoms with van der Waals surface area (Å²) in [7, 11) is 0. The summed E-state index contributed by atoms with van der Waals surface area (Å²) in [6, 6.07) is 4.48. The molecule has 0 aliphatic carbocycles. The van der Waals surface area contributed by atoms with Gasteiger partial charge in [0.25, 0.3) is 0 Å². The Morgan fingerprint density at radius 1 is 1.12 bits per heavy atom. The van der Waals surface area contributed by atoms with E-state index >= 15 is 0 Å². The predicted octanol–water partition coefficient (Wildman–Crippen LogP) is 2.67. The molecule has 2 nitrogen and oxygen atoms in total. The lowest BCUT2D eigenvalue weighted by atomic mass is 10.0. The van der Waals surface area contributed by atoms with Gasteiger partial charge in [-0.3, -0.25) is 5.32 Å². The maximum absolute atomic E-state index is 3.46. The van der Waals surface area contributed by atoms with E-state index in [4.69, 9.17) is 0 Å². The second kappa shape index (κ2) is 3.36. The normalized spacial score (nSPS) is 15.4. The van der Waals surface area contributed by atoms with Crippen LogP contribution >= 0.6 is 0 Å². The van der Waals surface area contributed by atoms with Crippen LogP contribution in [-0.2, 0) is 13.1 Å². The summed E-state index contributed by atoms with van der Waals surface area (Å²) in [4.78, 5) is 0. The van der Waals surface area contributed by atoms with Crippen molar-refractivity contribution in [3.8, 4) is 0 Å². The van der Waals surface area contributed by atoms with Gasteiger partial charge in [-0.05, 0) is 37.5 Å². The molecule has 0 saturated heterocycles. The number of hydrogen-bond acceptors (Lipinski definition) is 1. The number of nitrogens with zero attached hydrogens (tertiary/aromatic N) is 1. The quantitative estimate of drug-likeness (QED) is 0.713. The molecule has 0 atom stereocenters. The molecule has 1 aromatic heterocycles. The van der Waals surface area contributed by atoms with Crippen LogP contribution in [0.3, 0.4) is 0 Å². The van der Waals surface area contributed by atoms with Crippen LogP contribution in [0, 0.1) is 20.8 Å². The highest BCUT2D eigenvalue weighted by molar-refractivity contribution is 5.90. The molecule has 0 radical (unpaired) electrons. The van der Waals surface area contributed by atoms with E-state index in [9.17, 15) is 0 Å². The zero-order chi connectivity index (χ0) is 11.3. The standard InChI is InChI=1S/C14H18N2/c1-9-4-5-10(2)14-13(9)11(3)12-6-7-15-8-16(12)14/h4-5,15H,6-8H2,1-3H3. The van der Waals surface area contributed by atoms with Crippen LogP contribution in [0.4, 0.5) is 0 Å². The molecule has 3 rings (SSSR count). The first-order valence-corrected chi connectivity index (χ1v) is 5.98. The van der Waals surface area contributed by atoms with E-state index in [2.05, 4.69) is 42.8 Å². The number of fused-ring (bicyclic) bond motifs is 3. The summed E-state index contributed by atoms with van der Waals surface area (Å²) in [5, 5.41) is 4.93. The molecule has 0 unspecified atom stereocenters. The minimum absolute atomic E-state index is 0.962. The number of rotatable bonds is 0. The number of aryl methyl sites for hydroxylation is 3. The highest BCUT2D eigenvalue weighted by atomic mass is 15.1. The fourth-order valence-electron chi connectivity index (χ4n) is 2.99. The van der Waals surface area contributed by atoms with E-state index in [1.807, 2.05) is 0 Å². The van der Waals surface area contributed by atoms with Crippen LogP contribution in [-0.4, -0.2) is 11.1 Å². The molecule has 1 aliphatic heterocycles. The molecule has 0 amide bonds. The summed E-state index contributed by atoms with van der Waals surface area (Å²) in [6.45, 7) is 8.77. The largest absolute Gasteiger partial charge is 0.331 e. The maximum atomic E-state index is 3.46. The lowest BCUT2D eigenvalue weighted by molar-refractivity contribution is 0.504. The third-order valence-electron chi connectivity index (χ3n) is 3.80. The Morgan fingerprint density at radius 3 is 2.69 bits per heavy atom. The van der Waals surface area contributed by atoms with E-state index in [1.165, 1.54) is 33.3 Å². The molecule has 1 aliphatic rings. The molecule has 1 N–H and O–H groups in total. The summed E-state index contributed by atoms with van der Waals surface area (Å²) >= 11 is 0. The molecule has 0 saturated carbocycles. The second-order valence-electron chi connectivity index (χ2n) is 4.83. The zero-order valence-corrected chi connectivity index (χ0v) is 10.2. The van der Waals surface area contributed by atoms with Gasteiger partial charge in [0.2, 0.25) is 0 Å². The molecular weight excluding hydrogens is 196 g/mol. The van der Waals surface area contributed by atoms with Crippen molar-refractivity contribution in [2.45, 2.75) is 33.9 Å². The molecule has 2 heterocycles. The van der Waals surface area contributed by atoms with Gasteiger partial charge in [0.1, 0.15) is 0 Å². The number of benzene rings is 1. The smallest absolute Gasteiger partial charge is 0.0729 e. The molecule has 2 aromatic rings. The van der Waals surface area contributed by atoms with Crippen LogP contribution in [0.5, 0.6) is 0 Å². The van der Waals surface area contributed by atoms with E-state index < -0.39 is 0 Å². The molecular formula is C14H18N2. The first kappa shape index (κ1) is 9.91. The van der Waals surface area contributed by atoms with Crippen molar-refractivity contribution in [2.75, 3.05) is 6.54 Å². The van der Waals surface area contributed by atoms with Gasteiger partial charge in [-0.15, -0.1) is 0 Å².